The van der Waals surface area contributed by atoms with Gasteiger partial charge in [0.1, 0.15) is 0 Å². The molecule has 7 nitrogen and oxygen atoms in total. The number of methoxy groups -OCH3 is 1. The van der Waals surface area contributed by atoms with Crippen LogP contribution < -0.4 is 5.43 Å². The number of hydrogen-bond donors (Lipinski definition) is 1. The monoisotopic (exact) mass is 521 g/mol. The lowest BCUT2D eigenvalue weighted by Crippen LogP contribution is -2.31. The van der Waals surface area contributed by atoms with Crippen molar-refractivity contribution in [2.45, 2.75) is 6.54 Å². The third kappa shape index (κ3) is 5.66. The molecule has 4 aliphatic carbocycles. The number of hydrogen-bond acceptors (Lipinski definition) is 6. The van der Waals surface area contributed by atoms with Crippen LogP contribution >= 0.6 is 11.8 Å². The first-order valence-electron chi connectivity index (χ1n) is 11.8. The fraction of sp³-hybridized carbons (Fsp3) is 0.0667. The third-order valence-electron chi connectivity index (χ3n) is 5.96. The first-order chi connectivity index (χ1) is 18.5. The molecule has 1 aliphatic heterocycles. The van der Waals surface area contributed by atoms with Crippen molar-refractivity contribution in [3.8, 4) is 0 Å². The maximum atomic E-state index is 13.3. The van der Waals surface area contributed by atoms with Crippen molar-refractivity contribution in [1.82, 2.24) is 10.3 Å². The van der Waals surface area contributed by atoms with E-state index < -0.39 is 17.8 Å². The zero-order valence-electron chi connectivity index (χ0n) is 20.5. The minimum Gasteiger partial charge on any atom is -0.466 e. The molecule has 0 saturated carbocycles. The Labute approximate surface area is 224 Å². The van der Waals surface area contributed by atoms with E-state index in [-0.39, 0.29) is 16.6 Å². The second-order valence-electron chi connectivity index (χ2n) is 8.53. The summed E-state index contributed by atoms with van der Waals surface area (Å²) in [5.74, 6) is -1.46. The number of carbonyl (C=O) groups is 3. The Morgan fingerprint density at radius 1 is 0.921 bits per heavy atom. The van der Waals surface area contributed by atoms with E-state index in [9.17, 15) is 14.4 Å². The Hall–Kier alpha value is -4.69. The molecule has 38 heavy (non-hydrogen) atoms. The third-order valence-corrected chi connectivity index (χ3v) is 6.96. The molecule has 3 aromatic rings. The number of benzene rings is 3. The van der Waals surface area contributed by atoms with E-state index in [1.54, 1.807) is 6.07 Å². The first-order valence-corrected chi connectivity index (χ1v) is 12.6. The van der Waals surface area contributed by atoms with Crippen LogP contribution in [0.3, 0.4) is 0 Å². The molecule has 5 aliphatic rings. The molecule has 188 valence electrons. The van der Waals surface area contributed by atoms with E-state index in [0.717, 1.165) is 45.7 Å². The highest BCUT2D eigenvalue weighted by molar-refractivity contribution is 8.18. The minimum atomic E-state index is -0.644. The molecule has 2 amide bonds. The van der Waals surface area contributed by atoms with Gasteiger partial charge in [0.15, 0.2) is 5.17 Å². The number of carbonyl (C=O) groups excluding carboxylic acids is 3. The minimum absolute atomic E-state index is 0.164. The van der Waals surface area contributed by atoms with Crippen LogP contribution in [0.2, 0.25) is 0 Å². The molecule has 1 N–H and O–H groups in total. The molecule has 0 radical (unpaired) electrons. The first kappa shape index (κ1) is 25.0. The van der Waals surface area contributed by atoms with Crippen LogP contribution in [-0.2, 0) is 20.9 Å². The zero-order chi connectivity index (χ0) is 26.5. The van der Waals surface area contributed by atoms with Gasteiger partial charge in [-0.05, 0) is 45.6 Å². The van der Waals surface area contributed by atoms with E-state index in [2.05, 4.69) is 15.3 Å². The summed E-state index contributed by atoms with van der Waals surface area (Å²) in [5.41, 5.74) is 7.59. The Morgan fingerprint density at radius 2 is 1.58 bits per heavy atom. The second kappa shape index (κ2) is 11.1. The maximum absolute atomic E-state index is 13.3. The highest BCUT2D eigenvalue weighted by Gasteiger charge is 2.34. The van der Waals surface area contributed by atoms with Crippen LogP contribution in [0, 0.1) is 0 Å². The fourth-order valence-electron chi connectivity index (χ4n) is 3.94. The molecule has 0 atom stereocenters. The van der Waals surface area contributed by atoms with Gasteiger partial charge in [-0.1, -0.05) is 91.0 Å². The number of thioether (sulfide) groups is 1. The predicted molar refractivity (Wildman–Crippen MR) is 150 cm³/mol. The number of rotatable bonds is 5. The van der Waals surface area contributed by atoms with Gasteiger partial charge < -0.3 is 4.74 Å². The van der Waals surface area contributed by atoms with Crippen molar-refractivity contribution in [2.24, 2.45) is 5.10 Å². The van der Waals surface area contributed by atoms with Crippen LogP contribution in [0.4, 0.5) is 0 Å². The highest BCUT2D eigenvalue weighted by Crippen LogP contribution is 2.32. The SMILES string of the molecule is COC(=O)/C=C1\S/C(=N\NC(=O)c2cc3ccc2/C=C\c2ccc(cc2)/C=C\3)N(Cc2ccccc2)C1=O. The molecule has 0 spiro atoms. The average Bonchev–Trinajstić information content (AvgIpc) is 3.22. The number of amides is 2. The molecule has 8 rings (SSSR count). The summed E-state index contributed by atoms with van der Waals surface area (Å²) in [5, 5.41) is 4.55. The average molecular weight is 522 g/mol. The topological polar surface area (TPSA) is 88.1 Å². The van der Waals surface area contributed by atoms with Crippen molar-refractivity contribution in [2.75, 3.05) is 7.11 Å². The summed E-state index contributed by atoms with van der Waals surface area (Å²) in [7, 11) is 1.24. The number of hydrazone groups is 1. The van der Waals surface area contributed by atoms with Gasteiger partial charge >= 0.3 is 5.97 Å². The van der Waals surface area contributed by atoms with Crippen molar-refractivity contribution in [3.05, 3.63) is 117 Å². The lowest BCUT2D eigenvalue weighted by Gasteiger charge is -2.15. The fourth-order valence-corrected chi connectivity index (χ4v) is 4.84. The Morgan fingerprint density at radius 3 is 2.29 bits per heavy atom. The summed E-state index contributed by atoms with van der Waals surface area (Å²) in [4.78, 5) is 39.8. The summed E-state index contributed by atoms with van der Waals surface area (Å²) in [6, 6.07) is 23.2. The van der Waals surface area contributed by atoms with Crippen LogP contribution in [0.25, 0.3) is 24.3 Å². The highest BCUT2D eigenvalue weighted by atomic mass is 32.2. The zero-order valence-corrected chi connectivity index (χ0v) is 21.3. The molecular formula is C30H23N3O4S. The normalized spacial score (nSPS) is 17.8. The van der Waals surface area contributed by atoms with Gasteiger partial charge in [-0.15, -0.1) is 5.10 Å². The number of nitrogens with one attached hydrogen (secondary N) is 1. The van der Waals surface area contributed by atoms with Gasteiger partial charge in [-0.2, -0.15) is 0 Å². The molecule has 3 aromatic carbocycles. The van der Waals surface area contributed by atoms with E-state index in [1.807, 2.05) is 91.0 Å². The van der Waals surface area contributed by atoms with Crippen LogP contribution in [0.15, 0.2) is 88.9 Å². The summed E-state index contributed by atoms with van der Waals surface area (Å²) >= 11 is 1.00. The number of amidine groups is 1. The summed E-state index contributed by atoms with van der Waals surface area (Å²) in [6.07, 6.45) is 8.90. The molecule has 1 heterocycles. The Balaban J connectivity index is 1.44. The van der Waals surface area contributed by atoms with Crippen molar-refractivity contribution < 1.29 is 19.1 Å². The maximum Gasteiger partial charge on any atom is 0.331 e. The summed E-state index contributed by atoms with van der Waals surface area (Å²) < 4.78 is 4.68. The standard InChI is InChI=1S/C30H23N3O4S/c1-37-27(34)18-26-29(36)33(19-23-5-3-2-4-6-23)30(38-26)32-31-28(35)25-17-22-12-11-20-7-9-21(10-8-20)13-15-24(25)16-14-22/h2-18H,19H2,1H3,(H,31,35)/b12-11-,15-13-,20-11?,21-13?,22-12?,24-15?,26-18-,32-30-. The van der Waals surface area contributed by atoms with Gasteiger partial charge in [-0.25, -0.2) is 10.2 Å². The predicted octanol–water partition coefficient (Wildman–Crippen LogP) is 5.17. The molecule has 1 saturated heterocycles. The molecule has 1 fully saturated rings. The summed E-state index contributed by atoms with van der Waals surface area (Å²) in [6.45, 7) is 0.229. The molecular weight excluding hydrogens is 498 g/mol. The number of ether oxygens (including phenoxy) is 1. The van der Waals surface area contributed by atoms with Crippen molar-refractivity contribution >= 4 is 59.0 Å². The van der Waals surface area contributed by atoms with Crippen LogP contribution in [0.5, 0.6) is 0 Å². The number of nitrogens with zero attached hydrogens (tertiary/aromatic N) is 2. The molecule has 4 bridgehead atoms. The number of esters is 1. The smallest absolute Gasteiger partial charge is 0.331 e. The lowest BCUT2D eigenvalue weighted by atomic mass is 10.00. The van der Waals surface area contributed by atoms with Crippen LogP contribution in [0.1, 0.15) is 38.2 Å². The van der Waals surface area contributed by atoms with Gasteiger partial charge in [0.05, 0.1) is 18.6 Å². The van der Waals surface area contributed by atoms with E-state index >= 15 is 0 Å². The van der Waals surface area contributed by atoms with Gasteiger partial charge in [0.2, 0.25) is 0 Å². The van der Waals surface area contributed by atoms with Gasteiger partial charge in [0.25, 0.3) is 11.8 Å². The van der Waals surface area contributed by atoms with Gasteiger partial charge in [-0.3, -0.25) is 14.5 Å². The Bertz CT molecular complexity index is 1520. The van der Waals surface area contributed by atoms with E-state index in [4.69, 9.17) is 0 Å². The van der Waals surface area contributed by atoms with Gasteiger partial charge in [0, 0.05) is 11.6 Å². The molecule has 8 heteroatoms. The van der Waals surface area contributed by atoms with Crippen molar-refractivity contribution in [1.29, 1.82) is 0 Å². The largest absolute Gasteiger partial charge is 0.466 e. The lowest BCUT2D eigenvalue weighted by molar-refractivity contribution is -0.135. The van der Waals surface area contributed by atoms with E-state index in [0.29, 0.717) is 5.56 Å². The van der Waals surface area contributed by atoms with E-state index in [1.165, 1.54) is 12.0 Å². The van der Waals surface area contributed by atoms with Crippen molar-refractivity contribution in [3.63, 3.8) is 0 Å². The quantitative estimate of drug-likeness (QED) is 0.222. The second-order valence-corrected chi connectivity index (χ2v) is 9.54. The Kier molecular flexibility index (Phi) is 7.33. The molecule has 0 unspecified atom stereocenters. The molecule has 0 aromatic heterocycles. The van der Waals surface area contributed by atoms with Crippen LogP contribution in [-0.4, -0.2) is 35.0 Å².